The van der Waals surface area contributed by atoms with Crippen LogP contribution in [-0.4, -0.2) is 40.6 Å². The molecule has 1 rings (SSSR count). The molecule has 102 valence electrons. The maximum atomic E-state index is 11.4. The summed E-state index contributed by atoms with van der Waals surface area (Å²) in [5, 5.41) is 5.14. The number of hydrogen-bond donors (Lipinski definition) is 1. The lowest BCUT2D eigenvalue weighted by Crippen LogP contribution is -2.17. The van der Waals surface area contributed by atoms with Gasteiger partial charge in [0.25, 0.3) is 0 Å². The quantitative estimate of drug-likeness (QED) is 0.797. The van der Waals surface area contributed by atoms with Gasteiger partial charge in [0, 0.05) is 11.0 Å². The smallest absolute Gasteiger partial charge is 0.241 e. The highest BCUT2D eigenvalue weighted by Gasteiger charge is 2.15. The highest BCUT2D eigenvalue weighted by Crippen LogP contribution is 2.26. The fraction of sp³-hybridized carbons (Fsp3) is 0.455. The average Bonchev–Trinajstić information content (AvgIpc) is 2.24. The zero-order valence-corrected chi connectivity index (χ0v) is 12.8. The molecule has 0 saturated heterocycles. The summed E-state index contributed by atoms with van der Waals surface area (Å²) in [4.78, 5) is 2.03. The standard InChI is InChI=1S/C11H17BrN2O3S/c1-14(2)6-3-7-17-10-5-4-9(12)8-11(10)18(13,15)16/h4-5,8H,3,6-7H2,1-2H3,(H2,13,15,16). The monoisotopic (exact) mass is 336 g/mol. The average molecular weight is 337 g/mol. The Hall–Kier alpha value is -0.630. The summed E-state index contributed by atoms with van der Waals surface area (Å²) in [7, 11) is 0.160. The van der Waals surface area contributed by atoms with E-state index in [2.05, 4.69) is 15.9 Å². The van der Waals surface area contributed by atoms with E-state index in [9.17, 15) is 8.42 Å². The van der Waals surface area contributed by atoms with Crippen LogP contribution in [0.4, 0.5) is 0 Å². The van der Waals surface area contributed by atoms with Gasteiger partial charge >= 0.3 is 0 Å². The third kappa shape index (κ3) is 4.93. The first-order valence-electron chi connectivity index (χ1n) is 5.40. The van der Waals surface area contributed by atoms with E-state index in [1.807, 2.05) is 19.0 Å². The first-order valence-corrected chi connectivity index (χ1v) is 7.74. The van der Waals surface area contributed by atoms with E-state index in [1.165, 1.54) is 6.07 Å². The molecule has 0 spiro atoms. The van der Waals surface area contributed by atoms with Crippen molar-refractivity contribution < 1.29 is 13.2 Å². The van der Waals surface area contributed by atoms with Crippen LogP contribution in [0, 0.1) is 0 Å². The van der Waals surface area contributed by atoms with Gasteiger partial charge in [-0.25, -0.2) is 13.6 Å². The molecule has 0 amide bonds. The van der Waals surface area contributed by atoms with Gasteiger partial charge in [-0.2, -0.15) is 0 Å². The number of rotatable bonds is 6. The minimum atomic E-state index is -3.77. The molecule has 2 N–H and O–H groups in total. The van der Waals surface area contributed by atoms with Crippen LogP contribution in [-0.2, 0) is 10.0 Å². The van der Waals surface area contributed by atoms with E-state index in [0.29, 0.717) is 16.8 Å². The molecule has 0 fully saturated rings. The maximum Gasteiger partial charge on any atom is 0.241 e. The largest absolute Gasteiger partial charge is 0.492 e. The number of primary sulfonamides is 1. The Kier molecular flexibility index (Phi) is 5.58. The van der Waals surface area contributed by atoms with Crippen molar-refractivity contribution in [2.45, 2.75) is 11.3 Å². The SMILES string of the molecule is CN(C)CCCOc1ccc(Br)cc1S(N)(=O)=O. The van der Waals surface area contributed by atoms with Gasteiger partial charge in [0.05, 0.1) is 6.61 Å². The Morgan fingerprint density at radius 1 is 1.39 bits per heavy atom. The van der Waals surface area contributed by atoms with E-state index < -0.39 is 10.0 Å². The Morgan fingerprint density at radius 2 is 2.06 bits per heavy atom. The Morgan fingerprint density at radius 3 is 2.61 bits per heavy atom. The number of nitrogens with zero attached hydrogens (tertiary/aromatic N) is 1. The summed E-state index contributed by atoms with van der Waals surface area (Å²) in [5.74, 6) is 0.291. The molecule has 0 aliphatic carbocycles. The van der Waals surface area contributed by atoms with Crippen molar-refractivity contribution >= 4 is 26.0 Å². The lowest BCUT2D eigenvalue weighted by molar-refractivity contribution is 0.276. The third-order valence-corrected chi connectivity index (χ3v) is 3.64. The second-order valence-corrected chi connectivity index (χ2v) is 6.59. The van der Waals surface area contributed by atoms with Gasteiger partial charge in [-0.05, 0) is 38.7 Å². The number of hydrogen-bond acceptors (Lipinski definition) is 4. The molecule has 18 heavy (non-hydrogen) atoms. The first kappa shape index (κ1) is 15.4. The topological polar surface area (TPSA) is 72.6 Å². The lowest BCUT2D eigenvalue weighted by atomic mass is 10.3. The van der Waals surface area contributed by atoms with Gasteiger partial charge in [-0.15, -0.1) is 0 Å². The maximum absolute atomic E-state index is 11.4. The minimum absolute atomic E-state index is 0.00160. The van der Waals surface area contributed by atoms with Crippen LogP contribution in [0.5, 0.6) is 5.75 Å². The van der Waals surface area contributed by atoms with Crippen molar-refractivity contribution in [3.8, 4) is 5.75 Å². The van der Waals surface area contributed by atoms with Gasteiger partial charge in [0.2, 0.25) is 10.0 Å². The molecule has 7 heteroatoms. The van der Waals surface area contributed by atoms with Crippen LogP contribution >= 0.6 is 15.9 Å². The van der Waals surface area contributed by atoms with Crippen molar-refractivity contribution in [2.75, 3.05) is 27.2 Å². The molecule has 0 aliphatic rings. The first-order chi connectivity index (χ1) is 8.30. The third-order valence-electron chi connectivity index (χ3n) is 2.22. The van der Waals surface area contributed by atoms with E-state index >= 15 is 0 Å². The van der Waals surface area contributed by atoms with Gasteiger partial charge in [-0.3, -0.25) is 0 Å². The Bertz CT molecular complexity index is 503. The number of sulfonamides is 1. The van der Waals surface area contributed by atoms with Gasteiger partial charge in [0.1, 0.15) is 10.6 Å². The number of benzene rings is 1. The van der Waals surface area contributed by atoms with Crippen LogP contribution in [0.25, 0.3) is 0 Å². The van der Waals surface area contributed by atoms with Gasteiger partial charge in [0.15, 0.2) is 0 Å². The molecular weight excluding hydrogens is 320 g/mol. The van der Waals surface area contributed by atoms with E-state index in [0.717, 1.165) is 13.0 Å². The van der Waals surface area contributed by atoms with Crippen LogP contribution in [0.15, 0.2) is 27.6 Å². The molecule has 0 aliphatic heterocycles. The van der Waals surface area contributed by atoms with Gasteiger partial charge < -0.3 is 9.64 Å². The summed E-state index contributed by atoms with van der Waals surface area (Å²) in [6.07, 6.45) is 0.813. The molecule has 5 nitrogen and oxygen atoms in total. The molecule has 0 heterocycles. The molecule has 0 atom stereocenters. The molecule has 1 aromatic rings. The molecule has 0 saturated carbocycles. The fourth-order valence-corrected chi connectivity index (χ4v) is 2.60. The zero-order chi connectivity index (χ0) is 13.8. The predicted octanol–water partition coefficient (Wildman–Crippen LogP) is 1.43. The normalized spacial score (nSPS) is 11.8. The Balaban J connectivity index is 2.77. The van der Waals surface area contributed by atoms with Crippen LogP contribution in [0.1, 0.15) is 6.42 Å². The second kappa shape index (κ2) is 6.51. The summed E-state index contributed by atoms with van der Waals surface area (Å²) in [5.41, 5.74) is 0. The van der Waals surface area contributed by atoms with Crippen molar-refractivity contribution in [3.63, 3.8) is 0 Å². The van der Waals surface area contributed by atoms with E-state index in [1.54, 1.807) is 12.1 Å². The number of ether oxygens (including phenoxy) is 1. The molecule has 0 radical (unpaired) electrons. The molecule has 0 aromatic heterocycles. The molecule has 0 bridgehead atoms. The minimum Gasteiger partial charge on any atom is -0.492 e. The molecular formula is C11H17BrN2O3S. The van der Waals surface area contributed by atoms with Crippen LogP contribution < -0.4 is 9.88 Å². The molecule has 1 aromatic carbocycles. The van der Waals surface area contributed by atoms with E-state index in [4.69, 9.17) is 9.88 Å². The summed E-state index contributed by atoms with van der Waals surface area (Å²) in [6, 6.07) is 4.76. The summed E-state index contributed by atoms with van der Waals surface area (Å²) < 4.78 is 28.9. The highest BCUT2D eigenvalue weighted by atomic mass is 79.9. The summed E-state index contributed by atoms with van der Waals surface area (Å²) >= 11 is 3.21. The second-order valence-electron chi connectivity index (χ2n) is 4.14. The van der Waals surface area contributed by atoms with Crippen molar-refractivity contribution in [1.82, 2.24) is 4.90 Å². The lowest BCUT2D eigenvalue weighted by Gasteiger charge is -2.12. The fourth-order valence-electron chi connectivity index (χ4n) is 1.39. The molecule has 0 unspecified atom stereocenters. The zero-order valence-electron chi connectivity index (χ0n) is 10.4. The van der Waals surface area contributed by atoms with E-state index in [-0.39, 0.29) is 4.90 Å². The van der Waals surface area contributed by atoms with Crippen LogP contribution in [0.2, 0.25) is 0 Å². The number of nitrogens with two attached hydrogens (primary N) is 1. The summed E-state index contributed by atoms with van der Waals surface area (Å²) in [6.45, 7) is 1.32. The van der Waals surface area contributed by atoms with Crippen molar-refractivity contribution in [1.29, 1.82) is 0 Å². The van der Waals surface area contributed by atoms with Gasteiger partial charge in [-0.1, -0.05) is 15.9 Å². The predicted molar refractivity (Wildman–Crippen MR) is 74.2 cm³/mol. The van der Waals surface area contributed by atoms with Crippen molar-refractivity contribution in [2.24, 2.45) is 5.14 Å². The highest BCUT2D eigenvalue weighted by molar-refractivity contribution is 9.10. The van der Waals surface area contributed by atoms with Crippen LogP contribution in [0.3, 0.4) is 0 Å². The van der Waals surface area contributed by atoms with Crippen molar-refractivity contribution in [3.05, 3.63) is 22.7 Å². The number of halogens is 1. The Labute approximate surface area is 116 Å².